The zero-order valence-corrected chi connectivity index (χ0v) is 11.2. The zero-order valence-electron chi connectivity index (χ0n) is 9.57. The summed E-state index contributed by atoms with van der Waals surface area (Å²) in [6, 6.07) is 3.48. The molecule has 98 valence electrons. The van der Waals surface area contributed by atoms with Crippen LogP contribution >= 0.6 is 15.9 Å². The van der Waals surface area contributed by atoms with Gasteiger partial charge in [-0.25, -0.2) is 0 Å². The molecule has 1 N–H and O–H groups in total. The smallest absolute Gasteiger partial charge is 0.347 e. The largest absolute Gasteiger partial charge is 0.417 e. The molecule has 1 aliphatic rings. The molecule has 0 saturated heterocycles. The van der Waals surface area contributed by atoms with Crippen LogP contribution in [0.3, 0.4) is 0 Å². The fourth-order valence-corrected chi connectivity index (χ4v) is 2.01. The summed E-state index contributed by atoms with van der Waals surface area (Å²) in [4.78, 5) is 11.8. The minimum Gasteiger partial charge on any atom is -0.347 e. The number of benzene rings is 1. The molecule has 1 fully saturated rings. The van der Waals surface area contributed by atoms with Crippen molar-refractivity contribution in [1.82, 2.24) is 5.32 Å². The Kier molecular flexibility index (Phi) is 3.17. The van der Waals surface area contributed by atoms with Crippen molar-refractivity contribution in [3.63, 3.8) is 0 Å². The highest BCUT2D eigenvalue weighted by atomic mass is 79.9. The molecule has 0 radical (unpaired) electrons. The van der Waals surface area contributed by atoms with E-state index in [2.05, 4.69) is 21.2 Å². The number of nitrogens with one attached hydrogen (secondary N) is 1. The van der Waals surface area contributed by atoms with Crippen LogP contribution in [0.1, 0.15) is 35.7 Å². The minimum absolute atomic E-state index is 0.0265. The van der Waals surface area contributed by atoms with Crippen LogP contribution in [0.2, 0.25) is 0 Å². The van der Waals surface area contributed by atoms with Crippen LogP contribution in [0.4, 0.5) is 13.2 Å². The van der Waals surface area contributed by atoms with Crippen LogP contribution in [-0.4, -0.2) is 11.4 Å². The molecular weight excluding hydrogens is 311 g/mol. The molecule has 2 nitrogen and oxygen atoms in total. The van der Waals surface area contributed by atoms with Crippen molar-refractivity contribution in [3.05, 3.63) is 33.8 Å². The van der Waals surface area contributed by atoms with Crippen LogP contribution in [0.5, 0.6) is 0 Å². The Balaban J connectivity index is 2.26. The average Bonchev–Trinajstić information content (AvgIpc) is 2.94. The van der Waals surface area contributed by atoms with E-state index in [-0.39, 0.29) is 15.6 Å². The number of carbonyl (C=O) groups is 1. The first-order valence-electron chi connectivity index (χ1n) is 5.41. The van der Waals surface area contributed by atoms with Crippen molar-refractivity contribution in [1.29, 1.82) is 0 Å². The molecule has 0 heterocycles. The third-order valence-electron chi connectivity index (χ3n) is 2.95. The normalized spacial score (nSPS) is 17.4. The van der Waals surface area contributed by atoms with Crippen molar-refractivity contribution in [2.24, 2.45) is 0 Å². The molecule has 6 heteroatoms. The van der Waals surface area contributed by atoms with Gasteiger partial charge in [-0.05, 0) is 38.0 Å². The molecule has 0 bridgehead atoms. The molecule has 18 heavy (non-hydrogen) atoms. The van der Waals surface area contributed by atoms with Crippen LogP contribution in [-0.2, 0) is 6.18 Å². The number of rotatable bonds is 2. The second-order valence-electron chi connectivity index (χ2n) is 4.71. The first kappa shape index (κ1) is 13.4. The SMILES string of the molecule is CC1(NC(=O)c2ccc(Br)c(C(F)(F)F)c2)CC1. The monoisotopic (exact) mass is 321 g/mol. The summed E-state index contributed by atoms with van der Waals surface area (Å²) in [7, 11) is 0. The van der Waals surface area contributed by atoms with Crippen LogP contribution in [0, 0.1) is 0 Å². The van der Waals surface area contributed by atoms with Gasteiger partial charge in [0, 0.05) is 15.6 Å². The van der Waals surface area contributed by atoms with Gasteiger partial charge in [-0.2, -0.15) is 13.2 Å². The molecule has 1 amide bonds. The molecule has 1 saturated carbocycles. The Bertz CT molecular complexity index is 495. The highest BCUT2D eigenvalue weighted by Crippen LogP contribution is 2.37. The summed E-state index contributed by atoms with van der Waals surface area (Å²) in [5.41, 5.74) is -1.06. The molecule has 0 spiro atoms. The lowest BCUT2D eigenvalue weighted by molar-refractivity contribution is -0.138. The van der Waals surface area contributed by atoms with E-state index >= 15 is 0 Å². The maximum absolute atomic E-state index is 12.7. The maximum Gasteiger partial charge on any atom is 0.417 e. The summed E-state index contributed by atoms with van der Waals surface area (Å²) in [5, 5.41) is 2.72. The number of hydrogen-bond donors (Lipinski definition) is 1. The van der Waals surface area contributed by atoms with Crippen LogP contribution < -0.4 is 5.32 Å². The first-order chi connectivity index (χ1) is 8.21. The van der Waals surface area contributed by atoms with E-state index in [4.69, 9.17) is 0 Å². The first-order valence-corrected chi connectivity index (χ1v) is 6.20. The van der Waals surface area contributed by atoms with E-state index in [1.165, 1.54) is 12.1 Å². The predicted octanol–water partition coefficient (Wildman–Crippen LogP) is 3.75. The fraction of sp³-hybridized carbons (Fsp3) is 0.417. The molecule has 1 aromatic carbocycles. The Morgan fingerprint density at radius 2 is 2.00 bits per heavy atom. The van der Waals surface area contributed by atoms with Gasteiger partial charge < -0.3 is 5.32 Å². The Morgan fingerprint density at radius 3 is 2.50 bits per heavy atom. The number of carbonyl (C=O) groups excluding carboxylic acids is 1. The quantitative estimate of drug-likeness (QED) is 0.883. The average molecular weight is 322 g/mol. The van der Waals surface area contributed by atoms with Gasteiger partial charge in [0.25, 0.3) is 5.91 Å². The lowest BCUT2D eigenvalue weighted by Crippen LogP contribution is -2.34. The standard InChI is InChI=1S/C12H11BrF3NO/c1-11(4-5-11)17-10(18)7-2-3-9(13)8(6-7)12(14,15)16/h2-3,6H,4-5H2,1H3,(H,17,18). The van der Waals surface area contributed by atoms with Gasteiger partial charge in [-0.15, -0.1) is 0 Å². The van der Waals surface area contributed by atoms with Crippen LogP contribution in [0.15, 0.2) is 22.7 Å². The molecule has 0 aliphatic heterocycles. The Morgan fingerprint density at radius 1 is 1.39 bits per heavy atom. The predicted molar refractivity (Wildman–Crippen MR) is 64.2 cm³/mol. The minimum atomic E-state index is -4.47. The van der Waals surface area contributed by atoms with Crippen LogP contribution in [0.25, 0.3) is 0 Å². The molecule has 0 aromatic heterocycles. The maximum atomic E-state index is 12.7. The van der Waals surface area contributed by atoms with E-state index in [9.17, 15) is 18.0 Å². The second kappa shape index (κ2) is 4.26. The summed E-state index contributed by atoms with van der Waals surface area (Å²) in [5.74, 6) is -0.465. The van der Waals surface area contributed by atoms with E-state index in [0.717, 1.165) is 18.9 Å². The molecule has 0 unspecified atom stereocenters. The van der Waals surface area contributed by atoms with Crippen molar-refractivity contribution >= 4 is 21.8 Å². The third-order valence-corrected chi connectivity index (χ3v) is 3.64. The van der Waals surface area contributed by atoms with Gasteiger partial charge in [0.1, 0.15) is 0 Å². The second-order valence-corrected chi connectivity index (χ2v) is 5.56. The Labute approximate surface area is 111 Å². The molecular formula is C12H11BrF3NO. The topological polar surface area (TPSA) is 29.1 Å². The summed E-state index contributed by atoms with van der Waals surface area (Å²) in [6.45, 7) is 1.87. The van der Waals surface area contributed by atoms with Crippen molar-refractivity contribution in [2.75, 3.05) is 0 Å². The van der Waals surface area contributed by atoms with Gasteiger partial charge in [-0.1, -0.05) is 15.9 Å². The number of alkyl halides is 3. The van der Waals surface area contributed by atoms with E-state index in [1.54, 1.807) is 0 Å². The van der Waals surface area contributed by atoms with Gasteiger partial charge in [0.15, 0.2) is 0 Å². The number of amides is 1. The highest BCUT2D eigenvalue weighted by Gasteiger charge is 2.39. The molecule has 1 aromatic rings. The summed E-state index contributed by atoms with van der Waals surface area (Å²) < 4.78 is 38.0. The van der Waals surface area contributed by atoms with Gasteiger partial charge in [0.2, 0.25) is 0 Å². The van der Waals surface area contributed by atoms with Crippen molar-refractivity contribution in [2.45, 2.75) is 31.5 Å². The fourth-order valence-electron chi connectivity index (χ4n) is 1.54. The van der Waals surface area contributed by atoms with E-state index in [1.807, 2.05) is 6.92 Å². The molecule has 2 rings (SSSR count). The summed E-state index contributed by atoms with van der Waals surface area (Å²) in [6.07, 6.45) is -2.75. The Hall–Kier alpha value is -1.04. The number of halogens is 4. The van der Waals surface area contributed by atoms with Gasteiger partial charge >= 0.3 is 6.18 Å². The number of hydrogen-bond acceptors (Lipinski definition) is 1. The highest BCUT2D eigenvalue weighted by molar-refractivity contribution is 9.10. The lowest BCUT2D eigenvalue weighted by atomic mass is 10.1. The summed E-state index contributed by atoms with van der Waals surface area (Å²) >= 11 is 2.84. The lowest BCUT2D eigenvalue weighted by Gasteiger charge is -2.14. The van der Waals surface area contributed by atoms with E-state index in [0.29, 0.717) is 0 Å². The van der Waals surface area contributed by atoms with Gasteiger partial charge in [-0.3, -0.25) is 4.79 Å². The van der Waals surface area contributed by atoms with Crippen molar-refractivity contribution < 1.29 is 18.0 Å². The van der Waals surface area contributed by atoms with Gasteiger partial charge in [0.05, 0.1) is 5.56 Å². The zero-order chi connectivity index (χ0) is 13.6. The van der Waals surface area contributed by atoms with Crippen molar-refractivity contribution in [3.8, 4) is 0 Å². The van der Waals surface area contributed by atoms with E-state index < -0.39 is 17.6 Å². The molecule has 0 atom stereocenters. The third kappa shape index (κ3) is 2.85. The molecule has 1 aliphatic carbocycles.